The van der Waals surface area contributed by atoms with Crippen molar-refractivity contribution >= 4 is 15.9 Å². The molecule has 0 aliphatic rings. The second kappa shape index (κ2) is 4.77. The lowest BCUT2D eigenvalue weighted by Crippen LogP contribution is -2.05. The smallest absolute Gasteiger partial charge is 0.265 e. The van der Waals surface area contributed by atoms with Gasteiger partial charge in [0.1, 0.15) is 0 Å². The minimum absolute atomic E-state index is 0.0694. The van der Waals surface area contributed by atoms with Crippen LogP contribution in [0.4, 0.5) is 8.78 Å². The molecule has 0 aromatic carbocycles. The third kappa shape index (κ3) is 2.26. The number of rotatable bonds is 3. The molecule has 6 heteroatoms. The predicted octanol–water partition coefficient (Wildman–Crippen LogP) is 1.73. The minimum Gasteiger partial charge on any atom is -0.390 e. The van der Waals surface area contributed by atoms with Crippen LogP contribution in [0.2, 0.25) is 0 Å². The van der Waals surface area contributed by atoms with Gasteiger partial charge in [-0.05, 0) is 22.0 Å². The molecular weight excluding hydrogens is 258 g/mol. The molecular formula is C8H9BrF2N2O. The van der Waals surface area contributed by atoms with E-state index in [0.717, 1.165) is 0 Å². The molecule has 0 saturated carbocycles. The molecule has 1 aromatic rings. The van der Waals surface area contributed by atoms with Gasteiger partial charge >= 0.3 is 0 Å². The lowest BCUT2D eigenvalue weighted by Gasteiger charge is -2.09. The van der Waals surface area contributed by atoms with Crippen molar-refractivity contribution in [3.8, 4) is 0 Å². The van der Waals surface area contributed by atoms with E-state index in [0.29, 0.717) is 5.69 Å². The average Bonchev–Trinajstić information content (AvgIpc) is 2.17. The highest BCUT2D eigenvalue weighted by Gasteiger charge is 2.16. The molecule has 0 saturated heterocycles. The SMILES string of the molecule is NCc1cc(C(F)F)c(Br)c(CO)n1. The van der Waals surface area contributed by atoms with Gasteiger partial charge in [0.05, 0.1) is 22.5 Å². The molecule has 0 atom stereocenters. The van der Waals surface area contributed by atoms with Crippen molar-refractivity contribution in [3.05, 3.63) is 27.5 Å². The first-order valence-electron chi connectivity index (χ1n) is 3.87. The number of nitrogens with zero attached hydrogens (tertiary/aromatic N) is 1. The summed E-state index contributed by atoms with van der Waals surface area (Å²) >= 11 is 2.96. The molecule has 14 heavy (non-hydrogen) atoms. The van der Waals surface area contributed by atoms with E-state index in [2.05, 4.69) is 20.9 Å². The molecule has 0 aliphatic carbocycles. The van der Waals surface area contributed by atoms with E-state index in [1.54, 1.807) is 0 Å². The number of alkyl halides is 2. The molecule has 1 heterocycles. The maximum Gasteiger partial charge on any atom is 0.265 e. The Bertz CT molecular complexity index is 333. The van der Waals surface area contributed by atoms with Gasteiger partial charge in [-0.1, -0.05) is 0 Å². The highest BCUT2D eigenvalue weighted by Crippen LogP contribution is 2.29. The Labute approximate surface area is 88.1 Å². The van der Waals surface area contributed by atoms with Crippen LogP contribution in [-0.2, 0) is 13.2 Å². The Balaban J connectivity index is 3.27. The van der Waals surface area contributed by atoms with E-state index < -0.39 is 13.0 Å². The van der Waals surface area contributed by atoms with Crippen molar-refractivity contribution in [1.29, 1.82) is 0 Å². The maximum atomic E-state index is 12.5. The largest absolute Gasteiger partial charge is 0.390 e. The molecule has 3 N–H and O–H groups in total. The number of hydrogen-bond donors (Lipinski definition) is 2. The zero-order valence-electron chi connectivity index (χ0n) is 7.17. The van der Waals surface area contributed by atoms with Crippen LogP contribution in [0.1, 0.15) is 23.4 Å². The maximum absolute atomic E-state index is 12.5. The van der Waals surface area contributed by atoms with Gasteiger partial charge in [0.25, 0.3) is 6.43 Å². The zero-order chi connectivity index (χ0) is 10.7. The molecule has 1 rings (SSSR count). The quantitative estimate of drug-likeness (QED) is 0.876. The Morgan fingerprint density at radius 3 is 2.64 bits per heavy atom. The summed E-state index contributed by atoms with van der Waals surface area (Å²) in [6.07, 6.45) is -2.61. The fraction of sp³-hybridized carbons (Fsp3) is 0.375. The molecule has 3 nitrogen and oxygen atoms in total. The number of aromatic nitrogens is 1. The molecule has 78 valence electrons. The number of aliphatic hydroxyl groups excluding tert-OH is 1. The van der Waals surface area contributed by atoms with E-state index in [-0.39, 0.29) is 22.3 Å². The second-order valence-electron chi connectivity index (χ2n) is 2.63. The van der Waals surface area contributed by atoms with Crippen molar-refractivity contribution in [2.24, 2.45) is 5.73 Å². The van der Waals surface area contributed by atoms with Gasteiger partial charge in [0.15, 0.2) is 0 Å². The summed E-state index contributed by atoms with van der Waals surface area (Å²) in [7, 11) is 0. The van der Waals surface area contributed by atoms with Crippen LogP contribution >= 0.6 is 15.9 Å². The number of nitrogens with two attached hydrogens (primary N) is 1. The number of pyridine rings is 1. The lowest BCUT2D eigenvalue weighted by atomic mass is 10.2. The predicted molar refractivity (Wildman–Crippen MR) is 50.7 cm³/mol. The van der Waals surface area contributed by atoms with E-state index >= 15 is 0 Å². The summed E-state index contributed by atoms with van der Waals surface area (Å²) in [6, 6.07) is 1.23. The van der Waals surface area contributed by atoms with Gasteiger partial charge in [-0.15, -0.1) is 0 Å². The highest BCUT2D eigenvalue weighted by atomic mass is 79.9. The van der Waals surface area contributed by atoms with Crippen LogP contribution in [0.3, 0.4) is 0 Å². The van der Waals surface area contributed by atoms with E-state index in [1.807, 2.05) is 0 Å². The van der Waals surface area contributed by atoms with E-state index in [4.69, 9.17) is 10.8 Å². The van der Waals surface area contributed by atoms with Crippen molar-refractivity contribution in [2.45, 2.75) is 19.6 Å². The first-order chi connectivity index (χ1) is 6.60. The number of aliphatic hydroxyl groups is 1. The van der Waals surface area contributed by atoms with Gasteiger partial charge in [0.2, 0.25) is 0 Å². The van der Waals surface area contributed by atoms with Crippen molar-refractivity contribution < 1.29 is 13.9 Å². The van der Waals surface area contributed by atoms with Crippen molar-refractivity contribution in [2.75, 3.05) is 0 Å². The number of hydrogen-bond acceptors (Lipinski definition) is 3. The van der Waals surface area contributed by atoms with E-state index in [9.17, 15) is 8.78 Å². The second-order valence-corrected chi connectivity index (χ2v) is 3.42. The first kappa shape index (κ1) is 11.5. The van der Waals surface area contributed by atoms with Gasteiger partial charge in [-0.3, -0.25) is 4.98 Å². The molecule has 1 aromatic heterocycles. The highest BCUT2D eigenvalue weighted by molar-refractivity contribution is 9.10. The van der Waals surface area contributed by atoms with Crippen LogP contribution in [0.5, 0.6) is 0 Å². The lowest BCUT2D eigenvalue weighted by molar-refractivity contribution is 0.149. The fourth-order valence-corrected chi connectivity index (χ4v) is 1.53. The fourth-order valence-electron chi connectivity index (χ4n) is 1.03. The van der Waals surface area contributed by atoms with Crippen LogP contribution in [0, 0.1) is 0 Å². The third-order valence-corrected chi connectivity index (χ3v) is 2.62. The normalized spacial score (nSPS) is 11.0. The van der Waals surface area contributed by atoms with Gasteiger partial charge in [-0.2, -0.15) is 0 Å². The Hall–Kier alpha value is -0.590. The van der Waals surface area contributed by atoms with Crippen molar-refractivity contribution in [1.82, 2.24) is 4.98 Å². The zero-order valence-corrected chi connectivity index (χ0v) is 8.76. The summed E-state index contributed by atoms with van der Waals surface area (Å²) in [5.74, 6) is 0. The van der Waals surface area contributed by atoms with Crippen LogP contribution in [0.25, 0.3) is 0 Å². The summed E-state index contributed by atoms with van der Waals surface area (Å²) in [4.78, 5) is 3.90. The van der Waals surface area contributed by atoms with E-state index in [1.165, 1.54) is 6.07 Å². The molecule has 0 unspecified atom stereocenters. The molecule has 0 fully saturated rings. The summed E-state index contributed by atoms with van der Waals surface area (Å²) < 4.78 is 25.1. The van der Waals surface area contributed by atoms with Crippen molar-refractivity contribution in [3.63, 3.8) is 0 Å². The molecule has 0 spiro atoms. The Kier molecular flexibility index (Phi) is 3.91. The monoisotopic (exact) mass is 266 g/mol. The van der Waals surface area contributed by atoms with Crippen LogP contribution in [0.15, 0.2) is 10.5 Å². The summed E-state index contributed by atoms with van der Waals surface area (Å²) in [5, 5.41) is 8.87. The van der Waals surface area contributed by atoms with Crippen LogP contribution < -0.4 is 5.73 Å². The molecule has 0 aliphatic heterocycles. The number of halogens is 3. The Morgan fingerprint density at radius 2 is 2.21 bits per heavy atom. The standard InChI is InChI=1S/C8H9BrF2N2O/c9-7-5(8(10)11)1-4(2-12)13-6(7)3-14/h1,8,14H,2-3,12H2. The summed E-state index contributed by atoms with van der Waals surface area (Å²) in [6.45, 7) is -0.325. The molecule has 0 bridgehead atoms. The van der Waals surface area contributed by atoms with Gasteiger partial charge in [-0.25, -0.2) is 8.78 Å². The minimum atomic E-state index is -2.61. The van der Waals surface area contributed by atoms with Gasteiger partial charge in [0, 0.05) is 12.1 Å². The third-order valence-electron chi connectivity index (χ3n) is 1.70. The Morgan fingerprint density at radius 1 is 1.57 bits per heavy atom. The molecule has 0 amide bonds. The average molecular weight is 267 g/mol. The van der Waals surface area contributed by atoms with Gasteiger partial charge < -0.3 is 10.8 Å². The first-order valence-corrected chi connectivity index (χ1v) is 4.66. The topological polar surface area (TPSA) is 59.1 Å². The summed E-state index contributed by atoms with van der Waals surface area (Å²) in [5.41, 5.74) is 5.62. The molecule has 0 radical (unpaired) electrons. The van der Waals surface area contributed by atoms with Crippen LogP contribution in [-0.4, -0.2) is 10.1 Å².